The van der Waals surface area contributed by atoms with Gasteiger partial charge in [0.05, 0.1) is 23.5 Å². The maximum Gasteiger partial charge on any atom is 0.340 e. The molecule has 0 bridgehead atoms. The molecule has 0 aliphatic carbocycles. The summed E-state index contributed by atoms with van der Waals surface area (Å²) in [4.78, 5) is 12.4. The highest BCUT2D eigenvalue weighted by molar-refractivity contribution is 6.07. The van der Waals surface area contributed by atoms with Gasteiger partial charge in [-0.15, -0.1) is 0 Å². The number of anilines is 2. The van der Waals surface area contributed by atoms with Gasteiger partial charge in [-0.25, -0.2) is 4.79 Å². The number of ether oxygens (including phenoxy) is 2. The van der Waals surface area contributed by atoms with Gasteiger partial charge >= 0.3 is 5.97 Å². The van der Waals surface area contributed by atoms with Gasteiger partial charge in [-0.2, -0.15) is 0 Å². The molecule has 114 valence electrons. The largest absolute Gasteiger partial charge is 0.462 e. The zero-order chi connectivity index (χ0) is 15.8. The summed E-state index contributed by atoms with van der Waals surface area (Å²) in [6.45, 7) is 2.13. The summed E-state index contributed by atoms with van der Waals surface area (Å²) in [5.74, 6) is 1.04. The Bertz CT molecular complexity index is 918. The smallest absolute Gasteiger partial charge is 0.340 e. The number of hydrogen-bond acceptors (Lipinski definition) is 4. The zero-order valence-electron chi connectivity index (χ0n) is 12.6. The lowest BCUT2D eigenvalue weighted by atomic mass is 10.0. The number of para-hydroxylation sites is 2. The van der Waals surface area contributed by atoms with E-state index in [1.807, 2.05) is 54.6 Å². The van der Waals surface area contributed by atoms with E-state index in [0.29, 0.717) is 23.6 Å². The first-order valence-corrected chi connectivity index (χ1v) is 7.54. The number of carbonyl (C=O) groups is 1. The average molecular weight is 305 g/mol. The first-order valence-electron chi connectivity index (χ1n) is 7.54. The molecule has 3 aromatic rings. The highest BCUT2D eigenvalue weighted by Crippen LogP contribution is 2.47. The van der Waals surface area contributed by atoms with E-state index in [0.717, 1.165) is 22.2 Å². The molecule has 23 heavy (non-hydrogen) atoms. The molecule has 0 unspecified atom stereocenters. The average Bonchev–Trinajstić information content (AvgIpc) is 2.59. The van der Waals surface area contributed by atoms with Gasteiger partial charge in [-0.05, 0) is 30.5 Å². The van der Waals surface area contributed by atoms with E-state index in [9.17, 15) is 4.79 Å². The Balaban J connectivity index is 1.97. The fraction of sp³-hybridized carbons (Fsp3) is 0.105. The molecular weight excluding hydrogens is 290 g/mol. The van der Waals surface area contributed by atoms with Gasteiger partial charge in [0.15, 0.2) is 11.5 Å². The Kier molecular flexibility index (Phi) is 3.15. The lowest BCUT2D eigenvalue weighted by Gasteiger charge is -2.25. The SMILES string of the molecule is CCOC(=O)c1cc2ccccc2c2c1Nc1ccccc1O2. The Morgan fingerprint density at radius 1 is 1.13 bits per heavy atom. The molecule has 0 saturated carbocycles. The van der Waals surface area contributed by atoms with Crippen molar-refractivity contribution in [3.05, 3.63) is 60.2 Å². The van der Waals surface area contributed by atoms with Crippen LogP contribution in [0.4, 0.5) is 11.4 Å². The van der Waals surface area contributed by atoms with Crippen LogP contribution < -0.4 is 10.1 Å². The summed E-state index contributed by atoms with van der Waals surface area (Å²) < 4.78 is 11.3. The predicted molar refractivity (Wildman–Crippen MR) is 89.7 cm³/mol. The fourth-order valence-corrected chi connectivity index (χ4v) is 2.82. The molecule has 0 aromatic heterocycles. The van der Waals surface area contributed by atoms with Crippen molar-refractivity contribution < 1.29 is 14.3 Å². The van der Waals surface area contributed by atoms with Crippen molar-refractivity contribution in [3.8, 4) is 11.5 Å². The molecule has 0 fully saturated rings. The molecule has 0 spiro atoms. The first-order chi connectivity index (χ1) is 11.3. The summed E-state index contributed by atoms with van der Waals surface area (Å²) in [5, 5.41) is 5.21. The Morgan fingerprint density at radius 2 is 1.91 bits per heavy atom. The molecule has 1 heterocycles. The normalized spacial score (nSPS) is 11.9. The van der Waals surface area contributed by atoms with Gasteiger partial charge in [0.1, 0.15) is 0 Å². The lowest BCUT2D eigenvalue weighted by Crippen LogP contribution is -2.12. The van der Waals surface area contributed by atoms with Crippen molar-refractivity contribution in [2.24, 2.45) is 0 Å². The van der Waals surface area contributed by atoms with Crippen LogP contribution in [-0.4, -0.2) is 12.6 Å². The molecule has 0 amide bonds. The molecule has 4 rings (SSSR count). The van der Waals surface area contributed by atoms with E-state index in [2.05, 4.69) is 5.32 Å². The van der Waals surface area contributed by atoms with Gasteiger partial charge in [0.25, 0.3) is 0 Å². The van der Waals surface area contributed by atoms with Crippen LogP contribution in [0.25, 0.3) is 10.8 Å². The lowest BCUT2D eigenvalue weighted by molar-refractivity contribution is 0.0527. The van der Waals surface area contributed by atoms with Crippen LogP contribution in [0.1, 0.15) is 17.3 Å². The van der Waals surface area contributed by atoms with Crippen molar-refractivity contribution in [1.82, 2.24) is 0 Å². The topological polar surface area (TPSA) is 47.6 Å². The van der Waals surface area contributed by atoms with Crippen molar-refractivity contribution in [2.75, 3.05) is 11.9 Å². The van der Waals surface area contributed by atoms with E-state index in [4.69, 9.17) is 9.47 Å². The molecule has 4 nitrogen and oxygen atoms in total. The summed E-state index contributed by atoms with van der Waals surface area (Å²) in [6.07, 6.45) is 0. The Morgan fingerprint density at radius 3 is 2.78 bits per heavy atom. The molecule has 1 aliphatic rings. The minimum atomic E-state index is -0.356. The zero-order valence-corrected chi connectivity index (χ0v) is 12.6. The highest BCUT2D eigenvalue weighted by Gasteiger charge is 2.25. The highest BCUT2D eigenvalue weighted by atomic mass is 16.5. The Hall–Kier alpha value is -3.01. The number of nitrogens with one attached hydrogen (secondary N) is 1. The van der Waals surface area contributed by atoms with Gasteiger partial charge < -0.3 is 14.8 Å². The standard InChI is InChI=1S/C19H15NO3/c1-2-22-19(21)14-11-12-7-3-4-8-13(12)18-17(14)20-15-9-5-6-10-16(15)23-18/h3-11,20H,2H2,1H3. The van der Waals surface area contributed by atoms with Gasteiger partial charge in [0, 0.05) is 5.39 Å². The van der Waals surface area contributed by atoms with E-state index >= 15 is 0 Å². The second kappa shape index (κ2) is 5.32. The monoisotopic (exact) mass is 305 g/mol. The molecular formula is C19H15NO3. The third-order valence-electron chi connectivity index (χ3n) is 3.86. The number of hydrogen-bond donors (Lipinski definition) is 1. The molecule has 0 saturated heterocycles. The number of benzene rings is 3. The molecule has 3 aromatic carbocycles. The van der Waals surface area contributed by atoms with E-state index < -0.39 is 0 Å². The molecule has 0 radical (unpaired) electrons. The van der Waals surface area contributed by atoms with Crippen molar-refractivity contribution >= 4 is 28.1 Å². The molecule has 1 N–H and O–H groups in total. The number of esters is 1. The van der Waals surface area contributed by atoms with Crippen LogP contribution >= 0.6 is 0 Å². The molecule has 1 aliphatic heterocycles. The quantitative estimate of drug-likeness (QED) is 0.537. The van der Waals surface area contributed by atoms with E-state index in [1.54, 1.807) is 6.92 Å². The second-order valence-electron chi connectivity index (χ2n) is 5.29. The first kappa shape index (κ1) is 13.6. The minimum absolute atomic E-state index is 0.331. The van der Waals surface area contributed by atoms with E-state index in [1.165, 1.54) is 0 Å². The molecule has 4 heteroatoms. The summed E-state index contributed by atoms with van der Waals surface area (Å²) in [5.41, 5.74) is 1.97. The van der Waals surface area contributed by atoms with Crippen LogP contribution in [0.5, 0.6) is 11.5 Å². The van der Waals surface area contributed by atoms with Crippen molar-refractivity contribution in [2.45, 2.75) is 6.92 Å². The van der Waals surface area contributed by atoms with Crippen LogP contribution in [0.3, 0.4) is 0 Å². The van der Waals surface area contributed by atoms with Crippen molar-refractivity contribution in [1.29, 1.82) is 0 Å². The van der Waals surface area contributed by atoms with Gasteiger partial charge in [-0.1, -0.05) is 36.4 Å². The second-order valence-corrected chi connectivity index (χ2v) is 5.29. The molecule has 0 atom stereocenters. The third-order valence-corrected chi connectivity index (χ3v) is 3.86. The van der Waals surface area contributed by atoms with Crippen LogP contribution in [0.15, 0.2) is 54.6 Å². The maximum absolute atomic E-state index is 12.4. The summed E-state index contributed by atoms with van der Waals surface area (Å²) in [6, 6.07) is 17.3. The van der Waals surface area contributed by atoms with Crippen LogP contribution in [-0.2, 0) is 4.74 Å². The number of carbonyl (C=O) groups excluding carboxylic acids is 1. The number of fused-ring (bicyclic) bond motifs is 4. The van der Waals surface area contributed by atoms with E-state index in [-0.39, 0.29) is 5.97 Å². The van der Waals surface area contributed by atoms with Crippen LogP contribution in [0, 0.1) is 0 Å². The number of rotatable bonds is 2. The Labute approximate surface area is 133 Å². The summed E-state index contributed by atoms with van der Waals surface area (Å²) >= 11 is 0. The van der Waals surface area contributed by atoms with Gasteiger partial charge in [0.2, 0.25) is 0 Å². The third kappa shape index (κ3) is 2.19. The summed E-state index contributed by atoms with van der Waals surface area (Å²) in [7, 11) is 0. The van der Waals surface area contributed by atoms with Crippen molar-refractivity contribution in [3.63, 3.8) is 0 Å². The van der Waals surface area contributed by atoms with Crippen LogP contribution in [0.2, 0.25) is 0 Å². The fourth-order valence-electron chi connectivity index (χ4n) is 2.82. The minimum Gasteiger partial charge on any atom is -0.462 e. The maximum atomic E-state index is 12.4. The van der Waals surface area contributed by atoms with Gasteiger partial charge in [-0.3, -0.25) is 0 Å². The predicted octanol–water partition coefficient (Wildman–Crippen LogP) is 4.87.